The largest absolute Gasteiger partial charge is 0.497 e. The van der Waals surface area contributed by atoms with Crippen molar-refractivity contribution in [3.05, 3.63) is 77.9 Å². The number of methoxy groups -OCH3 is 2. The molecule has 0 saturated carbocycles. The summed E-state index contributed by atoms with van der Waals surface area (Å²) in [5, 5.41) is 11.4. The van der Waals surface area contributed by atoms with Gasteiger partial charge in [-0.1, -0.05) is 49.5 Å². The van der Waals surface area contributed by atoms with E-state index in [-0.39, 0.29) is 48.9 Å². The maximum absolute atomic E-state index is 14.9. The lowest BCUT2D eigenvalue weighted by atomic mass is 9.82. The zero-order valence-corrected chi connectivity index (χ0v) is 28.7. The van der Waals surface area contributed by atoms with E-state index in [9.17, 15) is 19.5 Å². The minimum Gasteiger partial charge on any atom is -0.497 e. The average molecular weight is 659 g/mol. The van der Waals surface area contributed by atoms with Gasteiger partial charge in [0, 0.05) is 30.7 Å². The number of anilines is 2. The van der Waals surface area contributed by atoms with Gasteiger partial charge in [-0.15, -0.1) is 0 Å². The standard InChI is InChI=1S/C36H42N2O8Si/c1-22-34(47(5,6)28-14-11-26(43-3)12-15-28)31(17-18-39)46-36(22)29-19-27(44-4)13-16-30(29)37(35(36)42)21-24-7-9-25(10-8-24)38-32(41)20-33(38)45-23(2)40/h7-16,19,22,31,33-34,39H,17-18,20-21H2,1-6H3/t22-,31+,33?,34-,36+/m1/s1. The molecule has 2 saturated heterocycles. The van der Waals surface area contributed by atoms with Crippen molar-refractivity contribution in [3.63, 3.8) is 0 Å². The Hall–Kier alpha value is -4.19. The van der Waals surface area contributed by atoms with Gasteiger partial charge < -0.3 is 29.0 Å². The van der Waals surface area contributed by atoms with E-state index in [1.807, 2.05) is 42.5 Å². The molecule has 1 unspecified atom stereocenters. The van der Waals surface area contributed by atoms with Crippen molar-refractivity contribution >= 4 is 42.4 Å². The quantitative estimate of drug-likeness (QED) is 0.193. The van der Waals surface area contributed by atoms with Gasteiger partial charge in [0.05, 0.1) is 47.1 Å². The van der Waals surface area contributed by atoms with Crippen LogP contribution < -0.4 is 24.5 Å². The van der Waals surface area contributed by atoms with Gasteiger partial charge in [0.1, 0.15) is 11.5 Å². The van der Waals surface area contributed by atoms with Gasteiger partial charge in [0.25, 0.3) is 5.91 Å². The number of aliphatic hydroxyl groups is 1. The molecule has 2 amide bonds. The third-order valence-corrected chi connectivity index (χ3v) is 14.6. The molecule has 11 heteroatoms. The Morgan fingerprint density at radius 2 is 1.66 bits per heavy atom. The maximum Gasteiger partial charge on any atom is 0.304 e. The van der Waals surface area contributed by atoms with Gasteiger partial charge in [0.2, 0.25) is 5.91 Å². The van der Waals surface area contributed by atoms with Gasteiger partial charge in [-0.25, -0.2) is 0 Å². The first-order valence-electron chi connectivity index (χ1n) is 16.0. The number of amides is 2. The van der Waals surface area contributed by atoms with Crippen molar-refractivity contribution in [2.75, 3.05) is 30.6 Å². The van der Waals surface area contributed by atoms with E-state index in [1.54, 1.807) is 31.3 Å². The topological polar surface area (TPSA) is 115 Å². The number of carbonyl (C=O) groups excluding carboxylic acids is 3. The minimum absolute atomic E-state index is 0.0181. The lowest BCUT2D eigenvalue weighted by Gasteiger charge is -2.39. The molecule has 3 aromatic rings. The van der Waals surface area contributed by atoms with E-state index in [0.717, 1.165) is 22.6 Å². The normalized spacial score (nSPS) is 25.2. The highest BCUT2D eigenvalue weighted by Gasteiger charge is 2.66. The van der Waals surface area contributed by atoms with Gasteiger partial charge in [0.15, 0.2) is 11.8 Å². The van der Waals surface area contributed by atoms with Crippen molar-refractivity contribution in [2.24, 2.45) is 5.92 Å². The SMILES string of the molecule is COc1ccc([Si](C)(C)[C@H]2[C@H](CCO)O[C@@]3(C(=O)N(Cc4ccc(N5C(=O)CC5OC(C)=O)cc4)c4ccc(OC)cc43)[C@@H]2C)cc1. The molecule has 5 atom stereocenters. The summed E-state index contributed by atoms with van der Waals surface area (Å²) in [4.78, 5) is 41.9. The lowest BCUT2D eigenvalue weighted by molar-refractivity contribution is -0.154. The molecule has 0 radical (unpaired) electrons. The monoisotopic (exact) mass is 658 g/mol. The fourth-order valence-electron chi connectivity index (χ4n) is 7.90. The molecule has 3 aliphatic rings. The summed E-state index contributed by atoms with van der Waals surface area (Å²) in [6.07, 6.45) is -0.374. The van der Waals surface area contributed by atoms with Crippen LogP contribution in [0.1, 0.15) is 37.8 Å². The molecule has 6 rings (SSSR count). The molecule has 0 aliphatic carbocycles. The van der Waals surface area contributed by atoms with Gasteiger partial charge >= 0.3 is 5.97 Å². The van der Waals surface area contributed by atoms with E-state index in [0.29, 0.717) is 17.9 Å². The van der Waals surface area contributed by atoms with Crippen LogP contribution in [0.25, 0.3) is 0 Å². The predicted molar refractivity (Wildman–Crippen MR) is 180 cm³/mol. The number of aliphatic hydroxyl groups excluding tert-OH is 1. The van der Waals surface area contributed by atoms with Crippen molar-refractivity contribution in [3.8, 4) is 11.5 Å². The number of benzene rings is 3. The number of esters is 1. The molecule has 2 fully saturated rings. The number of ether oxygens (including phenoxy) is 4. The third-order valence-electron chi connectivity index (χ3n) is 10.2. The Bertz CT molecular complexity index is 1680. The van der Waals surface area contributed by atoms with Crippen molar-refractivity contribution in [1.82, 2.24) is 0 Å². The van der Waals surface area contributed by atoms with Gasteiger partial charge in [-0.05, 0) is 60.0 Å². The Morgan fingerprint density at radius 3 is 2.26 bits per heavy atom. The Kier molecular flexibility index (Phi) is 8.66. The highest BCUT2D eigenvalue weighted by molar-refractivity contribution is 6.91. The van der Waals surface area contributed by atoms with E-state index in [2.05, 4.69) is 32.2 Å². The second kappa shape index (κ2) is 12.4. The number of rotatable bonds is 10. The molecule has 47 heavy (non-hydrogen) atoms. The van der Waals surface area contributed by atoms with E-state index < -0.39 is 25.9 Å². The number of β-lactam (4-membered cyclic amide) rings is 1. The van der Waals surface area contributed by atoms with Crippen molar-refractivity contribution in [1.29, 1.82) is 0 Å². The minimum atomic E-state index is -2.30. The molecular weight excluding hydrogens is 616 g/mol. The van der Waals surface area contributed by atoms with Gasteiger partial charge in [-0.3, -0.25) is 19.3 Å². The number of hydrogen-bond acceptors (Lipinski definition) is 8. The van der Waals surface area contributed by atoms with Crippen LogP contribution in [0, 0.1) is 5.92 Å². The zero-order chi connectivity index (χ0) is 33.7. The van der Waals surface area contributed by atoms with Crippen molar-refractivity contribution in [2.45, 2.75) is 69.8 Å². The summed E-state index contributed by atoms with van der Waals surface area (Å²) in [6, 6.07) is 21.2. The molecule has 3 heterocycles. The first-order valence-corrected chi connectivity index (χ1v) is 19.1. The van der Waals surface area contributed by atoms with Crippen LogP contribution in [0.2, 0.25) is 18.6 Å². The summed E-state index contributed by atoms with van der Waals surface area (Å²) in [5.74, 6) is 0.508. The van der Waals surface area contributed by atoms with Crippen molar-refractivity contribution < 1.29 is 38.4 Å². The zero-order valence-electron chi connectivity index (χ0n) is 27.7. The first kappa shape index (κ1) is 32.7. The van der Waals surface area contributed by atoms with Crippen LogP contribution in [0.5, 0.6) is 11.5 Å². The molecule has 3 aromatic carbocycles. The Balaban J connectivity index is 1.35. The predicted octanol–water partition coefficient (Wildman–Crippen LogP) is 4.47. The fraction of sp³-hybridized carbons (Fsp3) is 0.417. The highest BCUT2D eigenvalue weighted by atomic mass is 28.3. The van der Waals surface area contributed by atoms with Crippen LogP contribution in [0.4, 0.5) is 11.4 Å². The molecular formula is C36H42N2O8Si. The maximum atomic E-state index is 14.9. The molecule has 0 aromatic heterocycles. The Morgan fingerprint density at radius 1 is 1.00 bits per heavy atom. The van der Waals surface area contributed by atoms with Crippen LogP contribution in [-0.2, 0) is 36.0 Å². The van der Waals surface area contributed by atoms with E-state index in [1.165, 1.54) is 17.0 Å². The number of carbonyl (C=O) groups is 3. The van der Waals surface area contributed by atoms with Crippen LogP contribution >= 0.6 is 0 Å². The molecule has 10 nitrogen and oxygen atoms in total. The molecule has 3 aliphatic heterocycles. The Labute approximate surface area is 276 Å². The number of hydrogen-bond donors (Lipinski definition) is 1. The van der Waals surface area contributed by atoms with E-state index in [4.69, 9.17) is 18.9 Å². The number of fused-ring (bicyclic) bond motifs is 2. The first-order chi connectivity index (χ1) is 22.5. The second-order valence-electron chi connectivity index (χ2n) is 13.1. The van der Waals surface area contributed by atoms with Crippen LogP contribution in [0.3, 0.4) is 0 Å². The molecule has 1 spiro atoms. The summed E-state index contributed by atoms with van der Waals surface area (Å²) in [7, 11) is 0.955. The average Bonchev–Trinajstić information content (AvgIpc) is 3.47. The second-order valence-corrected chi connectivity index (χ2v) is 17.8. The van der Waals surface area contributed by atoms with Crippen LogP contribution in [0.15, 0.2) is 66.7 Å². The summed E-state index contributed by atoms with van der Waals surface area (Å²) < 4.78 is 23.3. The van der Waals surface area contributed by atoms with Crippen LogP contribution in [-0.4, -0.2) is 64.1 Å². The lowest BCUT2D eigenvalue weighted by Crippen LogP contribution is -2.54. The van der Waals surface area contributed by atoms with Gasteiger partial charge in [-0.2, -0.15) is 0 Å². The number of nitrogens with zero attached hydrogens (tertiary/aromatic N) is 2. The summed E-state index contributed by atoms with van der Waals surface area (Å²) in [5.41, 5.74) is 1.77. The fourth-order valence-corrected chi connectivity index (χ4v) is 12.0. The summed E-state index contributed by atoms with van der Waals surface area (Å²) in [6.45, 7) is 8.29. The third kappa shape index (κ3) is 5.40. The molecule has 0 bridgehead atoms. The molecule has 248 valence electrons. The highest BCUT2D eigenvalue weighted by Crippen LogP contribution is 2.60. The summed E-state index contributed by atoms with van der Waals surface area (Å²) >= 11 is 0. The smallest absolute Gasteiger partial charge is 0.304 e. The molecule has 1 N–H and O–H groups in total. The van der Waals surface area contributed by atoms with E-state index >= 15 is 0 Å².